The molecule has 0 bridgehead atoms. The summed E-state index contributed by atoms with van der Waals surface area (Å²) in [6.07, 6.45) is 0.954. The first-order chi connectivity index (χ1) is 13.5. The lowest BCUT2D eigenvalue weighted by Crippen LogP contribution is -2.41. The van der Waals surface area contributed by atoms with E-state index in [1.165, 1.54) is 24.3 Å². The van der Waals surface area contributed by atoms with E-state index in [0.29, 0.717) is 29.6 Å². The van der Waals surface area contributed by atoms with Gasteiger partial charge in [0.25, 0.3) is 5.91 Å². The van der Waals surface area contributed by atoms with Gasteiger partial charge in [-0.1, -0.05) is 28.9 Å². The smallest absolute Gasteiger partial charge is 0.272 e. The molecule has 0 aliphatic rings. The second kappa shape index (κ2) is 9.09. The Kier molecular flexibility index (Phi) is 6.33. The molecule has 0 aliphatic heterocycles. The van der Waals surface area contributed by atoms with Crippen LogP contribution < -0.4 is 10.9 Å². The van der Waals surface area contributed by atoms with E-state index in [0.717, 1.165) is 5.56 Å². The average molecular weight is 403 g/mol. The van der Waals surface area contributed by atoms with Crippen molar-refractivity contribution in [1.82, 2.24) is 21.0 Å². The maximum atomic E-state index is 13.5. The highest BCUT2D eigenvalue weighted by Crippen LogP contribution is 2.19. The average Bonchev–Trinajstić information content (AvgIpc) is 3.16. The predicted molar refractivity (Wildman–Crippen MR) is 99.7 cm³/mol. The lowest BCUT2D eigenvalue weighted by Gasteiger charge is -2.07. The van der Waals surface area contributed by atoms with Crippen LogP contribution in [0.1, 0.15) is 29.1 Å². The molecule has 0 aliphatic carbocycles. The van der Waals surface area contributed by atoms with Gasteiger partial charge >= 0.3 is 0 Å². The third kappa shape index (κ3) is 5.14. The minimum Gasteiger partial charge on any atom is -0.339 e. The summed E-state index contributed by atoms with van der Waals surface area (Å²) < 4.78 is 18.7. The maximum absolute atomic E-state index is 13.5. The van der Waals surface area contributed by atoms with Crippen molar-refractivity contribution in [2.45, 2.75) is 19.3 Å². The number of benzene rings is 2. The largest absolute Gasteiger partial charge is 0.339 e. The van der Waals surface area contributed by atoms with Crippen molar-refractivity contribution in [1.29, 1.82) is 0 Å². The van der Waals surface area contributed by atoms with Crippen molar-refractivity contribution >= 4 is 23.4 Å². The monoisotopic (exact) mass is 402 g/mol. The molecule has 2 amide bonds. The molecule has 0 radical (unpaired) electrons. The number of halogens is 2. The lowest BCUT2D eigenvalue weighted by molar-refractivity contribution is -0.121. The SMILES string of the molecule is O=C(CCCc1nc(-c2ccc(Cl)cc2)no1)NNC(=O)c1ccccc1F. The number of aromatic nitrogens is 2. The Bertz CT molecular complexity index is 975. The Hall–Kier alpha value is -3.26. The number of rotatable bonds is 6. The molecule has 2 aromatic carbocycles. The molecular weight excluding hydrogens is 387 g/mol. The van der Waals surface area contributed by atoms with Crippen LogP contribution in [0.4, 0.5) is 4.39 Å². The number of nitrogens with one attached hydrogen (secondary N) is 2. The van der Waals surface area contributed by atoms with Gasteiger partial charge in [-0.3, -0.25) is 20.4 Å². The van der Waals surface area contributed by atoms with Gasteiger partial charge in [0.2, 0.25) is 17.6 Å². The summed E-state index contributed by atoms with van der Waals surface area (Å²) in [4.78, 5) is 27.9. The summed E-state index contributed by atoms with van der Waals surface area (Å²) in [6, 6.07) is 12.5. The van der Waals surface area contributed by atoms with E-state index in [4.69, 9.17) is 16.1 Å². The number of hydrazine groups is 1. The number of carbonyl (C=O) groups excluding carboxylic acids is 2. The molecule has 1 heterocycles. The van der Waals surface area contributed by atoms with Gasteiger partial charge in [0.15, 0.2) is 0 Å². The van der Waals surface area contributed by atoms with Gasteiger partial charge in [0, 0.05) is 23.4 Å². The van der Waals surface area contributed by atoms with Crippen molar-refractivity contribution in [3.05, 3.63) is 70.8 Å². The Labute approximate surface area is 164 Å². The van der Waals surface area contributed by atoms with Gasteiger partial charge in [-0.2, -0.15) is 4.98 Å². The first-order valence-corrected chi connectivity index (χ1v) is 8.83. The zero-order valence-corrected chi connectivity index (χ0v) is 15.4. The van der Waals surface area contributed by atoms with E-state index in [1.807, 2.05) is 0 Å². The van der Waals surface area contributed by atoms with Crippen LogP contribution in [0.3, 0.4) is 0 Å². The molecule has 3 aromatic rings. The van der Waals surface area contributed by atoms with E-state index in [1.54, 1.807) is 24.3 Å². The summed E-state index contributed by atoms with van der Waals surface area (Å²) in [5.74, 6) is -0.971. The van der Waals surface area contributed by atoms with Crippen molar-refractivity contribution in [2.75, 3.05) is 0 Å². The van der Waals surface area contributed by atoms with Crippen LogP contribution in [0.15, 0.2) is 53.1 Å². The predicted octanol–water partition coefficient (Wildman–Crippen LogP) is 3.31. The molecule has 9 heteroatoms. The molecule has 28 heavy (non-hydrogen) atoms. The van der Waals surface area contributed by atoms with E-state index in [-0.39, 0.29) is 12.0 Å². The first-order valence-electron chi connectivity index (χ1n) is 8.45. The van der Waals surface area contributed by atoms with Gasteiger partial charge in [-0.25, -0.2) is 4.39 Å². The Morgan fingerprint density at radius 1 is 1.07 bits per heavy atom. The zero-order valence-electron chi connectivity index (χ0n) is 14.6. The van der Waals surface area contributed by atoms with Crippen molar-refractivity contribution < 1.29 is 18.5 Å². The van der Waals surface area contributed by atoms with E-state index in [2.05, 4.69) is 21.0 Å². The van der Waals surface area contributed by atoms with E-state index in [9.17, 15) is 14.0 Å². The Morgan fingerprint density at radius 3 is 2.57 bits per heavy atom. The lowest BCUT2D eigenvalue weighted by atomic mass is 10.2. The van der Waals surface area contributed by atoms with Gasteiger partial charge in [-0.15, -0.1) is 0 Å². The van der Waals surface area contributed by atoms with Gasteiger partial charge in [0.05, 0.1) is 5.56 Å². The molecule has 0 fully saturated rings. The van der Waals surface area contributed by atoms with Crippen LogP contribution in [0, 0.1) is 5.82 Å². The fraction of sp³-hybridized carbons (Fsp3) is 0.158. The van der Waals surface area contributed by atoms with Crippen LogP contribution in [0.2, 0.25) is 5.02 Å². The van der Waals surface area contributed by atoms with Gasteiger partial charge < -0.3 is 4.52 Å². The molecule has 7 nitrogen and oxygen atoms in total. The highest BCUT2D eigenvalue weighted by molar-refractivity contribution is 6.30. The maximum Gasteiger partial charge on any atom is 0.272 e. The van der Waals surface area contributed by atoms with E-state index < -0.39 is 17.6 Å². The molecule has 0 unspecified atom stereocenters. The third-order valence-electron chi connectivity index (χ3n) is 3.80. The van der Waals surface area contributed by atoms with Crippen LogP contribution in [0.5, 0.6) is 0 Å². The van der Waals surface area contributed by atoms with Crippen molar-refractivity contribution in [3.63, 3.8) is 0 Å². The highest BCUT2D eigenvalue weighted by Gasteiger charge is 2.12. The summed E-state index contributed by atoms with van der Waals surface area (Å²) in [7, 11) is 0. The standard InChI is InChI=1S/C19H16ClFN4O3/c20-13-10-8-12(9-11-13)18-22-17(28-25-18)7-3-6-16(26)23-24-19(27)14-4-1-2-5-15(14)21/h1-2,4-5,8-11H,3,6-7H2,(H,23,26)(H,24,27). The number of amides is 2. The van der Waals surface area contributed by atoms with Crippen LogP contribution in [-0.4, -0.2) is 22.0 Å². The molecular formula is C19H16ClFN4O3. The minimum absolute atomic E-state index is 0.121. The van der Waals surface area contributed by atoms with Crippen molar-refractivity contribution in [3.8, 4) is 11.4 Å². The summed E-state index contributed by atoms with van der Waals surface area (Å²) >= 11 is 5.84. The fourth-order valence-corrected chi connectivity index (χ4v) is 2.50. The van der Waals surface area contributed by atoms with Crippen LogP contribution in [-0.2, 0) is 11.2 Å². The first kappa shape index (κ1) is 19.5. The third-order valence-corrected chi connectivity index (χ3v) is 4.05. The quantitative estimate of drug-likeness (QED) is 0.616. The Morgan fingerprint density at radius 2 is 1.82 bits per heavy atom. The summed E-state index contributed by atoms with van der Waals surface area (Å²) in [5, 5.41) is 4.50. The highest BCUT2D eigenvalue weighted by atomic mass is 35.5. The minimum atomic E-state index is -0.726. The van der Waals surface area contributed by atoms with Gasteiger partial charge in [-0.05, 0) is 42.8 Å². The van der Waals surface area contributed by atoms with Gasteiger partial charge in [0.1, 0.15) is 5.82 Å². The van der Waals surface area contributed by atoms with Crippen molar-refractivity contribution in [2.24, 2.45) is 0 Å². The topological polar surface area (TPSA) is 97.1 Å². The molecule has 0 saturated carbocycles. The molecule has 0 saturated heterocycles. The molecule has 1 aromatic heterocycles. The molecule has 3 rings (SSSR count). The molecule has 0 atom stereocenters. The number of hydrogen-bond acceptors (Lipinski definition) is 5. The second-order valence-electron chi connectivity index (χ2n) is 5.85. The zero-order chi connectivity index (χ0) is 19.9. The fourth-order valence-electron chi connectivity index (χ4n) is 2.37. The number of carbonyl (C=O) groups is 2. The Balaban J connectivity index is 1.42. The normalized spacial score (nSPS) is 10.5. The molecule has 2 N–H and O–H groups in total. The summed E-state index contributed by atoms with van der Waals surface area (Å²) in [6.45, 7) is 0. The molecule has 144 valence electrons. The van der Waals surface area contributed by atoms with Crippen LogP contribution >= 0.6 is 11.6 Å². The number of nitrogens with zero attached hydrogens (tertiary/aromatic N) is 2. The number of hydrogen-bond donors (Lipinski definition) is 2. The summed E-state index contributed by atoms with van der Waals surface area (Å²) in [5.41, 5.74) is 5.05. The second-order valence-corrected chi connectivity index (χ2v) is 6.29. The molecule has 0 spiro atoms. The van der Waals surface area contributed by atoms with E-state index >= 15 is 0 Å². The van der Waals surface area contributed by atoms with Crippen LogP contribution in [0.25, 0.3) is 11.4 Å². The number of aryl methyl sites for hydroxylation is 1.